The van der Waals surface area contributed by atoms with E-state index >= 15 is 0 Å². The minimum Gasteiger partial charge on any atom is -0.508 e. The average Bonchev–Trinajstić information content (AvgIpc) is 3.27. The van der Waals surface area contributed by atoms with Gasteiger partial charge in [-0.15, -0.1) is 0 Å². The summed E-state index contributed by atoms with van der Waals surface area (Å²) in [6.07, 6.45) is 6.45. The van der Waals surface area contributed by atoms with E-state index < -0.39 is 5.78 Å². The number of benzene rings is 1. The van der Waals surface area contributed by atoms with Crippen LogP contribution >= 0.6 is 0 Å². The minimum absolute atomic E-state index is 0.0723. The number of ketones is 1. The van der Waals surface area contributed by atoms with Gasteiger partial charge in [0.2, 0.25) is 5.78 Å². The van der Waals surface area contributed by atoms with E-state index in [0.29, 0.717) is 0 Å². The first-order valence-electron chi connectivity index (χ1n) is 10.8. The van der Waals surface area contributed by atoms with E-state index in [-0.39, 0.29) is 28.6 Å². The smallest absolute Gasteiger partial charge is 0.235 e. The molecular weight excluding hydrogens is 408 g/mol. The Labute approximate surface area is 186 Å². The molecule has 32 heavy (non-hydrogen) atoms. The summed E-state index contributed by atoms with van der Waals surface area (Å²) < 4.78 is 7.78. The van der Waals surface area contributed by atoms with Crippen LogP contribution in [0.5, 0.6) is 17.2 Å². The molecule has 2 aromatic heterocycles. The highest BCUT2D eigenvalue weighted by Gasteiger charge is 2.31. The molecule has 0 aliphatic carbocycles. The Morgan fingerprint density at radius 2 is 1.97 bits per heavy atom. The molecule has 5 rings (SSSR count). The Balaban J connectivity index is 1.37. The number of hydrogen-bond acceptors (Lipinski definition) is 7. The summed E-state index contributed by atoms with van der Waals surface area (Å²) in [5.41, 5.74) is 1.76. The van der Waals surface area contributed by atoms with Crippen molar-refractivity contribution in [2.45, 2.75) is 13.0 Å². The lowest BCUT2D eigenvalue weighted by molar-refractivity contribution is 0.101. The van der Waals surface area contributed by atoms with E-state index in [2.05, 4.69) is 26.4 Å². The number of phenols is 2. The van der Waals surface area contributed by atoms with Crippen LogP contribution in [0.1, 0.15) is 22.3 Å². The number of carbonyl (C=O) groups excluding carboxylic acids is 1. The quantitative estimate of drug-likeness (QED) is 0.597. The molecule has 0 radical (unpaired) electrons. The Morgan fingerprint density at radius 3 is 2.78 bits per heavy atom. The first-order chi connectivity index (χ1) is 15.5. The van der Waals surface area contributed by atoms with Crippen molar-refractivity contribution in [1.29, 1.82) is 0 Å². The van der Waals surface area contributed by atoms with Gasteiger partial charge < -0.3 is 29.3 Å². The molecule has 0 atom stereocenters. The lowest BCUT2D eigenvalue weighted by atomic mass is 10.1. The molecule has 8 nitrogen and oxygen atoms in total. The maximum Gasteiger partial charge on any atom is 0.235 e. The number of ether oxygens (including phenoxy) is 1. The van der Waals surface area contributed by atoms with Gasteiger partial charge in [-0.1, -0.05) is 0 Å². The molecule has 0 bridgehead atoms. The van der Waals surface area contributed by atoms with Gasteiger partial charge in [0, 0.05) is 68.2 Å². The topological polar surface area (TPSA) is 91.1 Å². The van der Waals surface area contributed by atoms with Crippen molar-refractivity contribution in [2.24, 2.45) is 0 Å². The normalized spacial score (nSPS) is 18.4. The van der Waals surface area contributed by atoms with Crippen molar-refractivity contribution < 1.29 is 19.7 Å². The number of carbonyl (C=O) groups is 1. The van der Waals surface area contributed by atoms with Crippen molar-refractivity contribution in [3.63, 3.8) is 0 Å². The summed E-state index contributed by atoms with van der Waals surface area (Å²) in [6, 6.07) is 6.31. The number of aryl methyl sites for hydroxylation is 1. The van der Waals surface area contributed by atoms with Gasteiger partial charge in [0.05, 0.1) is 0 Å². The van der Waals surface area contributed by atoms with Crippen molar-refractivity contribution in [2.75, 3.05) is 39.8 Å². The molecule has 0 saturated carbocycles. The molecule has 0 unspecified atom stereocenters. The molecule has 0 amide bonds. The first-order valence-corrected chi connectivity index (χ1v) is 10.8. The van der Waals surface area contributed by atoms with E-state index in [1.807, 2.05) is 18.3 Å². The molecule has 3 aromatic rings. The maximum atomic E-state index is 12.8. The van der Waals surface area contributed by atoms with E-state index in [4.69, 9.17) is 4.74 Å². The molecule has 4 heterocycles. The van der Waals surface area contributed by atoms with Gasteiger partial charge >= 0.3 is 0 Å². The minimum atomic E-state index is -0.405. The Hall–Kier alpha value is -3.36. The number of rotatable bonds is 5. The number of aromatic nitrogens is 2. The second-order valence-electron chi connectivity index (χ2n) is 8.43. The standard InChI is InChI=1S/C24H26N4O4/c1-26-8-10-27(11-9-26)6-3-7-28-15-16(18-4-2-5-25-24(18)28)12-21-23(31)22-19(30)13-17(29)14-20(22)32-21/h2,4-5,12-15,29-30H,3,6-11H2,1H3/b21-12+. The number of nitrogens with zero attached hydrogens (tertiary/aromatic N) is 4. The fourth-order valence-corrected chi connectivity index (χ4v) is 4.39. The van der Waals surface area contributed by atoms with Crippen LogP contribution in [0.2, 0.25) is 0 Å². The van der Waals surface area contributed by atoms with Crippen LogP contribution in [-0.2, 0) is 6.54 Å². The Kier molecular flexibility index (Phi) is 5.32. The van der Waals surface area contributed by atoms with E-state index in [1.54, 1.807) is 12.3 Å². The highest BCUT2D eigenvalue weighted by Crippen LogP contribution is 2.41. The first kappa shape index (κ1) is 20.5. The van der Waals surface area contributed by atoms with Crippen molar-refractivity contribution in [3.05, 3.63) is 53.5 Å². The predicted octanol–water partition coefficient (Wildman–Crippen LogP) is 2.70. The number of likely N-dealkylation sites (N-methyl/N-ethyl adjacent to an activating group) is 1. The van der Waals surface area contributed by atoms with Crippen molar-refractivity contribution >= 4 is 22.9 Å². The SMILES string of the molecule is CN1CCN(CCCn2cc(/C=C3/Oc4cc(O)cc(O)c4C3=O)c3cccnc32)CC1. The van der Waals surface area contributed by atoms with Crippen LogP contribution in [0, 0.1) is 0 Å². The van der Waals surface area contributed by atoms with Crippen LogP contribution < -0.4 is 4.74 Å². The summed E-state index contributed by atoms with van der Waals surface area (Å²) in [5.74, 6) is -0.579. The maximum absolute atomic E-state index is 12.8. The monoisotopic (exact) mass is 434 g/mol. The molecule has 1 saturated heterocycles. The van der Waals surface area contributed by atoms with Gasteiger partial charge in [-0.25, -0.2) is 4.98 Å². The molecular formula is C24H26N4O4. The van der Waals surface area contributed by atoms with Gasteiger partial charge in [-0.3, -0.25) is 4.79 Å². The Bertz CT molecular complexity index is 1210. The number of hydrogen-bond donors (Lipinski definition) is 2. The predicted molar refractivity (Wildman–Crippen MR) is 121 cm³/mol. The highest BCUT2D eigenvalue weighted by atomic mass is 16.5. The number of aromatic hydroxyl groups is 2. The van der Waals surface area contributed by atoms with Gasteiger partial charge in [-0.05, 0) is 38.2 Å². The number of Topliss-reactive ketones (excluding diaryl/α,β-unsaturated/α-hetero) is 1. The lowest BCUT2D eigenvalue weighted by Gasteiger charge is -2.32. The molecule has 8 heteroatoms. The summed E-state index contributed by atoms with van der Waals surface area (Å²) in [4.78, 5) is 22.2. The number of piperazine rings is 1. The summed E-state index contributed by atoms with van der Waals surface area (Å²) in [7, 11) is 2.16. The largest absolute Gasteiger partial charge is 0.508 e. The molecule has 2 aliphatic heterocycles. The van der Waals surface area contributed by atoms with Crippen LogP contribution in [0.3, 0.4) is 0 Å². The van der Waals surface area contributed by atoms with E-state index in [1.165, 1.54) is 6.07 Å². The zero-order valence-electron chi connectivity index (χ0n) is 18.0. The third-order valence-corrected chi connectivity index (χ3v) is 6.16. The number of pyridine rings is 1. The molecule has 0 spiro atoms. The molecule has 2 aliphatic rings. The lowest BCUT2D eigenvalue weighted by Crippen LogP contribution is -2.44. The fourth-order valence-electron chi connectivity index (χ4n) is 4.39. The van der Waals surface area contributed by atoms with Crippen LogP contribution in [-0.4, -0.2) is 75.1 Å². The second-order valence-corrected chi connectivity index (χ2v) is 8.43. The van der Waals surface area contributed by atoms with Crippen LogP contribution in [0.25, 0.3) is 17.1 Å². The summed E-state index contributed by atoms with van der Waals surface area (Å²) in [5, 5.41) is 20.7. The zero-order chi connectivity index (χ0) is 22.2. The molecule has 2 N–H and O–H groups in total. The fraction of sp³-hybridized carbons (Fsp3) is 0.333. The van der Waals surface area contributed by atoms with E-state index in [0.717, 1.165) is 68.4 Å². The van der Waals surface area contributed by atoms with Gasteiger partial charge in [0.15, 0.2) is 5.76 Å². The van der Waals surface area contributed by atoms with Gasteiger partial charge in [-0.2, -0.15) is 0 Å². The van der Waals surface area contributed by atoms with Crippen molar-refractivity contribution in [3.8, 4) is 17.2 Å². The second kappa shape index (κ2) is 8.29. The average molecular weight is 434 g/mol. The van der Waals surface area contributed by atoms with Gasteiger partial charge in [0.1, 0.15) is 28.5 Å². The third kappa shape index (κ3) is 3.83. The Morgan fingerprint density at radius 1 is 1.16 bits per heavy atom. The van der Waals surface area contributed by atoms with Crippen molar-refractivity contribution in [1.82, 2.24) is 19.4 Å². The summed E-state index contributed by atoms with van der Waals surface area (Å²) in [6.45, 7) is 6.27. The zero-order valence-corrected chi connectivity index (χ0v) is 18.0. The molecule has 166 valence electrons. The third-order valence-electron chi connectivity index (χ3n) is 6.16. The summed E-state index contributed by atoms with van der Waals surface area (Å²) >= 11 is 0. The highest BCUT2D eigenvalue weighted by molar-refractivity contribution is 6.16. The number of allylic oxidation sites excluding steroid dienone is 1. The number of fused-ring (bicyclic) bond motifs is 2. The molecule has 1 fully saturated rings. The molecule has 1 aromatic carbocycles. The van der Waals surface area contributed by atoms with Gasteiger partial charge in [0.25, 0.3) is 0 Å². The van der Waals surface area contributed by atoms with Crippen LogP contribution in [0.15, 0.2) is 42.4 Å². The van der Waals surface area contributed by atoms with E-state index in [9.17, 15) is 15.0 Å². The van der Waals surface area contributed by atoms with Crippen LogP contribution in [0.4, 0.5) is 0 Å². The number of phenolic OH excluding ortho intramolecular Hbond substituents is 2.